The zero-order chi connectivity index (χ0) is 28.8. The Kier molecular flexibility index (Phi) is 7.06. The van der Waals surface area contributed by atoms with Crippen LogP contribution in [-0.2, 0) is 20.6 Å². The van der Waals surface area contributed by atoms with E-state index in [0.717, 1.165) is 43.4 Å². The highest BCUT2D eigenvalue weighted by molar-refractivity contribution is 6.04. The van der Waals surface area contributed by atoms with E-state index < -0.39 is 0 Å². The van der Waals surface area contributed by atoms with Crippen molar-refractivity contribution in [3.05, 3.63) is 52.6 Å². The molecule has 1 N–H and O–H groups in total. The summed E-state index contributed by atoms with van der Waals surface area (Å²) in [7, 11) is 7.71. The summed E-state index contributed by atoms with van der Waals surface area (Å²) in [6, 6.07) is 8.52. The van der Waals surface area contributed by atoms with E-state index in [4.69, 9.17) is 9.72 Å². The molecule has 0 spiro atoms. The van der Waals surface area contributed by atoms with Gasteiger partial charge in [-0.2, -0.15) is 5.10 Å². The Balaban J connectivity index is 1.41. The molecule has 1 unspecified atom stereocenters. The maximum atomic E-state index is 13.6. The van der Waals surface area contributed by atoms with Gasteiger partial charge in [-0.1, -0.05) is 6.92 Å². The van der Waals surface area contributed by atoms with Crippen LogP contribution in [0.15, 0.2) is 41.5 Å². The fraction of sp³-hybridized carbons (Fsp3) is 0.467. The van der Waals surface area contributed by atoms with E-state index in [1.54, 1.807) is 37.2 Å². The van der Waals surface area contributed by atoms with E-state index in [0.29, 0.717) is 53.6 Å². The van der Waals surface area contributed by atoms with Crippen molar-refractivity contribution < 1.29 is 9.53 Å². The molecule has 1 saturated heterocycles. The van der Waals surface area contributed by atoms with Crippen molar-refractivity contribution in [2.24, 2.45) is 20.0 Å². The summed E-state index contributed by atoms with van der Waals surface area (Å²) >= 11 is 0. The number of ether oxygens (including phenoxy) is 1. The number of nitrogens with one attached hydrogen (secondary N) is 1. The van der Waals surface area contributed by atoms with Gasteiger partial charge in [-0.25, -0.2) is 9.67 Å². The van der Waals surface area contributed by atoms with Crippen LogP contribution >= 0.6 is 0 Å². The number of pyridine rings is 1. The lowest BCUT2D eigenvalue weighted by molar-refractivity contribution is 0.102. The Morgan fingerprint density at radius 3 is 2.68 bits per heavy atom. The van der Waals surface area contributed by atoms with Gasteiger partial charge in [0.15, 0.2) is 0 Å². The third kappa shape index (κ3) is 5.10. The molecule has 0 radical (unpaired) electrons. The third-order valence-corrected chi connectivity index (χ3v) is 8.41. The number of hydrogen-bond acceptors (Lipinski definition) is 7. The molecule has 1 fully saturated rings. The molecule has 0 saturated carbocycles. The van der Waals surface area contributed by atoms with Crippen LogP contribution in [0, 0.1) is 5.92 Å². The summed E-state index contributed by atoms with van der Waals surface area (Å²) in [5.41, 5.74) is 4.07. The average molecular weight is 559 g/mol. The molecule has 2 atom stereocenters. The number of carbonyl (C=O) groups excluding carboxylic acids is 1. The van der Waals surface area contributed by atoms with Gasteiger partial charge in [-0.05, 0) is 63.5 Å². The fourth-order valence-corrected chi connectivity index (χ4v) is 5.97. The lowest BCUT2D eigenvalue weighted by Gasteiger charge is -2.22. The maximum Gasteiger partial charge on any atom is 0.259 e. The Bertz CT molecular complexity index is 1670. The smallest absolute Gasteiger partial charge is 0.259 e. The van der Waals surface area contributed by atoms with Crippen molar-refractivity contribution in [2.45, 2.75) is 38.8 Å². The minimum absolute atomic E-state index is 0.226. The van der Waals surface area contributed by atoms with Gasteiger partial charge in [0.2, 0.25) is 11.8 Å². The number of rotatable bonds is 2. The molecule has 3 aromatic heterocycles. The van der Waals surface area contributed by atoms with Crippen molar-refractivity contribution in [2.75, 3.05) is 44.0 Å². The summed E-state index contributed by atoms with van der Waals surface area (Å²) in [5.74, 6) is 1.00. The van der Waals surface area contributed by atoms with Crippen LogP contribution in [-0.4, -0.2) is 74.5 Å². The number of carbonyl (C=O) groups is 1. The Hall–Kier alpha value is -4.12. The molecule has 1 amide bonds. The van der Waals surface area contributed by atoms with Crippen LogP contribution in [0.1, 0.15) is 36.5 Å². The summed E-state index contributed by atoms with van der Waals surface area (Å²) in [6.07, 6.45) is 6.06. The first-order valence-corrected chi connectivity index (χ1v) is 14.3. The quantitative estimate of drug-likeness (QED) is 0.403. The van der Waals surface area contributed by atoms with E-state index in [1.165, 1.54) is 10.3 Å². The molecule has 41 heavy (non-hydrogen) atoms. The largest absolute Gasteiger partial charge is 0.477 e. The summed E-state index contributed by atoms with van der Waals surface area (Å²) in [4.78, 5) is 36.4. The fourth-order valence-electron chi connectivity index (χ4n) is 5.97. The number of nitrogens with zero attached hydrogens (tertiary/aromatic N) is 7. The number of aromatic nitrogens is 5. The number of benzene rings is 1. The molecule has 2 aliphatic rings. The van der Waals surface area contributed by atoms with E-state index in [9.17, 15) is 9.59 Å². The maximum absolute atomic E-state index is 13.6. The van der Waals surface area contributed by atoms with Gasteiger partial charge >= 0.3 is 0 Å². The summed E-state index contributed by atoms with van der Waals surface area (Å²) < 4.78 is 11.3. The zero-order valence-electron chi connectivity index (χ0n) is 24.4. The predicted molar refractivity (Wildman–Crippen MR) is 160 cm³/mol. The lowest BCUT2D eigenvalue weighted by atomic mass is 10.1. The van der Waals surface area contributed by atoms with Crippen molar-refractivity contribution >= 4 is 28.6 Å². The zero-order valence-corrected chi connectivity index (χ0v) is 24.4. The summed E-state index contributed by atoms with van der Waals surface area (Å²) in [5, 5.41) is 7.39. The monoisotopic (exact) mass is 558 g/mol. The second kappa shape index (κ2) is 10.7. The van der Waals surface area contributed by atoms with E-state index in [2.05, 4.69) is 57.9 Å². The number of hydrogen-bond donors (Lipinski definition) is 1. The third-order valence-electron chi connectivity index (χ3n) is 8.41. The molecular weight excluding hydrogens is 520 g/mol. The van der Waals surface area contributed by atoms with E-state index in [1.807, 2.05) is 6.07 Å². The Morgan fingerprint density at radius 2 is 1.90 bits per heavy atom. The molecule has 0 aliphatic carbocycles. The first-order valence-electron chi connectivity index (χ1n) is 14.3. The van der Waals surface area contributed by atoms with E-state index in [-0.39, 0.29) is 11.5 Å². The standard InChI is InChI=1S/C30H38N8O3/c1-19-7-6-12-41-29-24(15-31-36(29)5)23-13-20(17-35(4)28(23)40)27(39)33-30-32-25-9-8-21(14-26(25)38(30)16-19)37-11-10-22(18-37)34(2)3/h8-9,13-15,17,19,22H,6-7,10-12,16,18H2,1-5H3,(H,32,33,39)/t19-,22?/m1/s1. The van der Waals surface area contributed by atoms with Gasteiger partial charge in [-0.3, -0.25) is 14.9 Å². The molecule has 5 heterocycles. The molecular formula is C30H38N8O3. The molecule has 6 rings (SSSR count). The number of likely N-dealkylation sites (N-methyl/N-ethyl adjacent to an activating group) is 1. The van der Waals surface area contributed by atoms with Crippen molar-refractivity contribution in [3.8, 4) is 17.0 Å². The Morgan fingerprint density at radius 1 is 1.07 bits per heavy atom. The van der Waals surface area contributed by atoms with Gasteiger partial charge in [0.25, 0.3) is 11.5 Å². The van der Waals surface area contributed by atoms with Crippen LogP contribution in [0.25, 0.3) is 22.2 Å². The van der Waals surface area contributed by atoms with Gasteiger partial charge in [-0.15, -0.1) is 0 Å². The molecule has 4 aromatic rings. The van der Waals surface area contributed by atoms with Crippen molar-refractivity contribution in [1.29, 1.82) is 0 Å². The van der Waals surface area contributed by atoms with Crippen LogP contribution in [0.5, 0.6) is 5.88 Å². The number of amides is 1. The highest BCUT2D eigenvalue weighted by atomic mass is 16.5. The topological polar surface area (TPSA) is 102 Å². The van der Waals surface area contributed by atoms with Crippen LogP contribution in [0.4, 0.5) is 11.6 Å². The number of imidazole rings is 1. The highest BCUT2D eigenvalue weighted by Crippen LogP contribution is 2.31. The van der Waals surface area contributed by atoms with Crippen LogP contribution < -0.4 is 20.5 Å². The highest BCUT2D eigenvalue weighted by Gasteiger charge is 2.26. The SMILES string of the molecule is C[C@@H]1CCCOc2c(cnn2C)-c2cc(cn(C)c2=O)C(=O)Nc2nc3ccc(N4CCC(N(C)C)C4)cc3n2C1. The van der Waals surface area contributed by atoms with Crippen LogP contribution in [0.3, 0.4) is 0 Å². The normalized spacial score (nSPS) is 19.9. The first kappa shape index (κ1) is 27.1. The second-order valence-electron chi connectivity index (χ2n) is 11.7. The first-order chi connectivity index (χ1) is 19.7. The average Bonchev–Trinajstić information content (AvgIpc) is 3.66. The van der Waals surface area contributed by atoms with Crippen LogP contribution in [0.2, 0.25) is 0 Å². The molecule has 11 nitrogen and oxygen atoms in total. The molecule has 11 heteroatoms. The second-order valence-corrected chi connectivity index (χ2v) is 11.7. The molecule has 216 valence electrons. The van der Waals surface area contributed by atoms with Crippen molar-refractivity contribution in [1.82, 2.24) is 28.8 Å². The summed E-state index contributed by atoms with van der Waals surface area (Å²) in [6.45, 7) is 5.40. The molecule has 1 aromatic carbocycles. The minimum atomic E-state index is -0.333. The number of fused-ring (bicyclic) bond motifs is 7. The van der Waals surface area contributed by atoms with Crippen molar-refractivity contribution in [3.63, 3.8) is 0 Å². The molecule has 2 aliphatic heterocycles. The van der Waals surface area contributed by atoms with Gasteiger partial charge in [0, 0.05) is 51.7 Å². The van der Waals surface area contributed by atoms with Gasteiger partial charge in [0.05, 0.1) is 40.5 Å². The number of anilines is 2. The van der Waals surface area contributed by atoms with Gasteiger partial charge < -0.3 is 23.7 Å². The lowest BCUT2D eigenvalue weighted by Crippen LogP contribution is -2.31. The Labute approximate surface area is 239 Å². The minimum Gasteiger partial charge on any atom is -0.477 e. The van der Waals surface area contributed by atoms with E-state index >= 15 is 0 Å². The van der Waals surface area contributed by atoms with Gasteiger partial charge in [0.1, 0.15) is 0 Å². The molecule has 2 bridgehead atoms. The predicted octanol–water partition coefficient (Wildman–Crippen LogP) is 3.34. The number of aryl methyl sites for hydroxylation is 2.